The molecule has 1 aliphatic carbocycles. The lowest BCUT2D eigenvalue weighted by Gasteiger charge is -2.39. The van der Waals surface area contributed by atoms with E-state index in [4.69, 9.17) is 5.73 Å². The lowest BCUT2D eigenvalue weighted by Crippen LogP contribution is -2.55. The molecule has 1 atom stereocenters. The van der Waals surface area contributed by atoms with Crippen LogP contribution in [0.2, 0.25) is 0 Å². The number of hydrogen-bond acceptors (Lipinski definition) is 3. The second-order valence-electron chi connectivity index (χ2n) is 5.45. The van der Waals surface area contributed by atoms with Crippen molar-refractivity contribution in [2.75, 3.05) is 13.2 Å². The molecule has 4 nitrogen and oxygen atoms in total. The Hall–Kier alpha value is -0.610. The third-order valence-corrected chi connectivity index (χ3v) is 4.07. The predicted octanol–water partition coefficient (Wildman–Crippen LogP) is 1.03. The Morgan fingerprint density at radius 3 is 2.53 bits per heavy atom. The molecule has 0 aliphatic heterocycles. The van der Waals surface area contributed by atoms with Gasteiger partial charge >= 0.3 is 0 Å². The van der Waals surface area contributed by atoms with Gasteiger partial charge in [-0.05, 0) is 38.0 Å². The van der Waals surface area contributed by atoms with Gasteiger partial charge in [0.25, 0.3) is 0 Å². The van der Waals surface area contributed by atoms with Gasteiger partial charge in [0, 0.05) is 12.5 Å². The van der Waals surface area contributed by atoms with E-state index in [0.717, 1.165) is 32.1 Å². The summed E-state index contributed by atoms with van der Waals surface area (Å²) < 4.78 is 0. The number of aliphatic hydroxyl groups excluding tert-OH is 1. The fourth-order valence-corrected chi connectivity index (χ4v) is 2.46. The second-order valence-corrected chi connectivity index (χ2v) is 5.45. The molecular weight excluding hydrogens is 216 g/mol. The van der Waals surface area contributed by atoms with Crippen LogP contribution in [0, 0.1) is 11.8 Å². The minimum atomic E-state index is -0.397. The Bertz CT molecular complexity index is 244. The van der Waals surface area contributed by atoms with E-state index in [1.165, 1.54) is 0 Å². The average Bonchev–Trinajstić information content (AvgIpc) is 2.34. The van der Waals surface area contributed by atoms with Crippen molar-refractivity contribution in [2.24, 2.45) is 17.6 Å². The smallest absolute Gasteiger partial charge is 0.224 e. The molecule has 0 saturated heterocycles. The zero-order valence-corrected chi connectivity index (χ0v) is 11.0. The number of nitrogens with two attached hydrogens (primary N) is 1. The van der Waals surface area contributed by atoms with E-state index >= 15 is 0 Å². The molecule has 1 saturated carbocycles. The van der Waals surface area contributed by atoms with Crippen molar-refractivity contribution in [1.82, 2.24) is 5.32 Å². The van der Waals surface area contributed by atoms with Gasteiger partial charge in [-0.3, -0.25) is 4.79 Å². The lowest BCUT2D eigenvalue weighted by molar-refractivity contribution is -0.128. The van der Waals surface area contributed by atoms with Crippen LogP contribution in [0.4, 0.5) is 0 Å². The van der Waals surface area contributed by atoms with Gasteiger partial charge in [0.05, 0.1) is 12.1 Å². The Labute approximate surface area is 104 Å². The molecule has 0 spiro atoms. The molecule has 0 aromatic rings. The zero-order chi connectivity index (χ0) is 12.9. The molecule has 0 heterocycles. The highest BCUT2D eigenvalue weighted by atomic mass is 16.3. The molecule has 1 rings (SSSR count). The van der Waals surface area contributed by atoms with Crippen LogP contribution in [0.15, 0.2) is 0 Å². The Morgan fingerprint density at radius 1 is 1.53 bits per heavy atom. The number of carbonyl (C=O) groups excluding carboxylic acids is 1. The van der Waals surface area contributed by atoms with Gasteiger partial charge in [-0.15, -0.1) is 0 Å². The Balaban J connectivity index is 2.59. The van der Waals surface area contributed by atoms with Crippen LogP contribution in [0.1, 0.15) is 46.0 Å². The molecule has 0 bridgehead atoms. The Morgan fingerprint density at radius 2 is 2.12 bits per heavy atom. The summed E-state index contributed by atoms with van der Waals surface area (Å²) in [6.07, 6.45) is 4.63. The summed E-state index contributed by atoms with van der Waals surface area (Å²) in [5, 5.41) is 12.6. The van der Waals surface area contributed by atoms with Crippen molar-refractivity contribution in [1.29, 1.82) is 0 Å². The third-order valence-electron chi connectivity index (χ3n) is 4.07. The van der Waals surface area contributed by atoms with Crippen LogP contribution in [-0.2, 0) is 4.79 Å². The summed E-state index contributed by atoms with van der Waals surface area (Å²) in [5.74, 6) is 0.569. The van der Waals surface area contributed by atoms with Crippen LogP contribution in [0.5, 0.6) is 0 Å². The molecule has 1 amide bonds. The summed E-state index contributed by atoms with van der Waals surface area (Å²) in [4.78, 5) is 12.0. The minimum Gasteiger partial charge on any atom is -0.394 e. The first-order chi connectivity index (χ1) is 8.06. The first kappa shape index (κ1) is 14.5. The van der Waals surface area contributed by atoms with Crippen LogP contribution in [-0.4, -0.2) is 29.7 Å². The van der Waals surface area contributed by atoms with Gasteiger partial charge in [0.2, 0.25) is 5.91 Å². The third kappa shape index (κ3) is 3.68. The minimum absolute atomic E-state index is 0.00129. The SMILES string of the molecule is CCC(CN)C(=O)NC1(CO)CCC(C)CC1. The van der Waals surface area contributed by atoms with Crippen LogP contribution in [0.25, 0.3) is 0 Å². The summed E-state index contributed by atoms with van der Waals surface area (Å²) in [5.41, 5.74) is 5.18. The van der Waals surface area contributed by atoms with Crippen molar-refractivity contribution in [3.8, 4) is 0 Å². The summed E-state index contributed by atoms with van der Waals surface area (Å²) in [6, 6.07) is 0. The van der Waals surface area contributed by atoms with Crippen LogP contribution >= 0.6 is 0 Å². The van der Waals surface area contributed by atoms with E-state index in [-0.39, 0.29) is 18.4 Å². The van der Waals surface area contributed by atoms with Gasteiger partial charge in [-0.1, -0.05) is 13.8 Å². The second kappa shape index (κ2) is 6.36. The molecule has 1 unspecified atom stereocenters. The van der Waals surface area contributed by atoms with Gasteiger partial charge < -0.3 is 16.2 Å². The van der Waals surface area contributed by atoms with Gasteiger partial charge in [-0.2, -0.15) is 0 Å². The molecule has 100 valence electrons. The standard InChI is InChI=1S/C13H26N2O2/c1-3-11(8-14)12(17)15-13(9-16)6-4-10(2)5-7-13/h10-11,16H,3-9,14H2,1-2H3,(H,15,17). The van der Waals surface area contributed by atoms with Crippen molar-refractivity contribution in [2.45, 2.75) is 51.5 Å². The molecule has 0 aromatic carbocycles. The lowest BCUT2D eigenvalue weighted by atomic mass is 9.77. The molecule has 0 radical (unpaired) electrons. The molecular formula is C13H26N2O2. The largest absolute Gasteiger partial charge is 0.394 e. The quantitative estimate of drug-likeness (QED) is 0.674. The van der Waals surface area contributed by atoms with E-state index in [1.54, 1.807) is 0 Å². The average molecular weight is 242 g/mol. The van der Waals surface area contributed by atoms with E-state index in [1.807, 2.05) is 6.92 Å². The van der Waals surface area contributed by atoms with Gasteiger partial charge in [0.1, 0.15) is 0 Å². The summed E-state index contributed by atoms with van der Waals surface area (Å²) in [7, 11) is 0. The number of amides is 1. The number of rotatable bonds is 5. The summed E-state index contributed by atoms with van der Waals surface area (Å²) in [6.45, 7) is 4.59. The maximum absolute atomic E-state index is 12.0. The molecule has 1 fully saturated rings. The normalized spacial score (nSPS) is 30.9. The van der Waals surface area contributed by atoms with E-state index < -0.39 is 5.54 Å². The fourth-order valence-electron chi connectivity index (χ4n) is 2.46. The summed E-state index contributed by atoms with van der Waals surface area (Å²) >= 11 is 0. The monoisotopic (exact) mass is 242 g/mol. The first-order valence-electron chi connectivity index (χ1n) is 6.70. The Kier molecular flexibility index (Phi) is 5.40. The number of aliphatic hydroxyl groups is 1. The van der Waals surface area contributed by atoms with Crippen molar-refractivity contribution < 1.29 is 9.90 Å². The fraction of sp³-hybridized carbons (Fsp3) is 0.923. The highest BCUT2D eigenvalue weighted by Crippen LogP contribution is 2.31. The van der Waals surface area contributed by atoms with E-state index in [0.29, 0.717) is 12.5 Å². The van der Waals surface area contributed by atoms with Crippen LogP contribution in [0.3, 0.4) is 0 Å². The zero-order valence-electron chi connectivity index (χ0n) is 11.0. The van der Waals surface area contributed by atoms with Crippen molar-refractivity contribution in [3.05, 3.63) is 0 Å². The van der Waals surface area contributed by atoms with Gasteiger partial charge in [-0.25, -0.2) is 0 Å². The molecule has 1 aliphatic rings. The number of nitrogens with one attached hydrogen (secondary N) is 1. The van der Waals surface area contributed by atoms with Crippen LogP contribution < -0.4 is 11.1 Å². The molecule has 4 N–H and O–H groups in total. The number of hydrogen-bond donors (Lipinski definition) is 3. The molecule has 17 heavy (non-hydrogen) atoms. The predicted molar refractivity (Wildman–Crippen MR) is 68.4 cm³/mol. The van der Waals surface area contributed by atoms with E-state index in [2.05, 4.69) is 12.2 Å². The van der Waals surface area contributed by atoms with Gasteiger partial charge in [0.15, 0.2) is 0 Å². The number of carbonyl (C=O) groups is 1. The topological polar surface area (TPSA) is 75.4 Å². The first-order valence-corrected chi connectivity index (χ1v) is 6.70. The highest BCUT2D eigenvalue weighted by Gasteiger charge is 2.35. The molecule has 4 heteroatoms. The van der Waals surface area contributed by atoms with Crippen molar-refractivity contribution in [3.63, 3.8) is 0 Å². The molecule has 0 aromatic heterocycles. The highest BCUT2D eigenvalue weighted by molar-refractivity contribution is 5.79. The maximum atomic E-state index is 12.0. The van der Waals surface area contributed by atoms with E-state index in [9.17, 15) is 9.90 Å². The van der Waals surface area contributed by atoms with Crippen molar-refractivity contribution >= 4 is 5.91 Å². The maximum Gasteiger partial charge on any atom is 0.224 e.